The van der Waals surface area contributed by atoms with Gasteiger partial charge in [-0.05, 0) is 37.9 Å². The number of thioether (sulfide) groups is 1. The van der Waals surface area contributed by atoms with Crippen LogP contribution in [0.5, 0.6) is 0 Å². The summed E-state index contributed by atoms with van der Waals surface area (Å²) in [6.07, 6.45) is 6.65. The van der Waals surface area contributed by atoms with Crippen LogP contribution in [0.25, 0.3) is 0 Å². The molecule has 1 heterocycles. The fraction of sp³-hybridized carbons (Fsp3) is 0.714. The molecule has 1 aliphatic rings. The van der Waals surface area contributed by atoms with Crippen molar-refractivity contribution in [1.82, 2.24) is 10.3 Å². The number of aliphatic hydroxyl groups excluding tert-OH is 1. The van der Waals surface area contributed by atoms with Gasteiger partial charge in [-0.3, -0.25) is 5.32 Å². The van der Waals surface area contributed by atoms with Crippen LogP contribution in [0.3, 0.4) is 0 Å². The van der Waals surface area contributed by atoms with E-state index in [4.69, 9.17) is 5.11 Å². The lowest BCUT2D eigenvalue weighted by Crippen LogP contribution is -2.30. The zero-order valence-corrected chi connectivity index (χ0v) is 13.8. The predicted molar refractivity (Wildman–Crippen MR) is 89.4 cm³/mol. The first-order chi connectivity index (χ1) is 10.3. The molecule has 2 amide bonds. The lowest BCUT2D eigenvalue weighted by atomic mass is 10.2. The van der Waals surface area contributed by atoms with E-state index in [2.05, 4.69) is 15.6 Å². The minimum Gasteiger partial charge on any atom is -0.396 e. The topological polar surface area (TPSA) is 74.2 Å². The minimum atomic E-state index is -0.179. The average Bonchev–Trinajstić information content (AvgIpc) is 2.71. The normalized spacial score (nSPS) is 14.3. The van der Waals surface area contributed by atoms with Crippen LogP contribution in [0.2, 0.25) is 0 Å². The van der Waals surface area contributed by atoms with Gasteiger partial charge < -0.3 is 10.4 Å². The van der Waals surface area contributed by atoms with Gasteiger partial charge in [0.25, 0.3) is 0 Å². The highest BCUT2D eigenvalue weighted by Crippen LogP contribution is 2.28. The van der Waals surface area contributed by atoms with Crippen molar-refractivity contribution in [2.24, 2.45) is 0 Å². The summed E-state index contributed by atoms with van der Waals surface area (Å²) in [6, 6.07) is -0.179. The smallest absolute Gasteiger partial charge is 0.321 e. The molecule has 0 aromatic carbocycles. The van der Waals surface area contributed by atoms with Gasteiger partial charge in [0.2, 0.25) is 0 Å². The molecule has 0 saturated carbocycles. The quantitative estimate of drug-likeness (QED) is 0.531. The van der Waals surface area contributed by atoms with Gasteiger partial charge in [0, 0.05) is 23.8 Å². The second-order valence-corrected chi connectivity index (χ2v) is 7.33. The Morgan fingerprint density at radius 1 is 1.29 bits per heavy atom. The first kappa shape index (κ1) is 16.6. The summed E-state index contributed by atoms with van der Waals surface area (Å²) >= 11 is 3.35. The molecule has 5 nitrogen and oxygen atoms in total. The maximum atomic E-state index is 11.8. The zero-order valence-electron chi connectivity index (χ0n) is 12.2. The van der Waals surface area contributed by atoms with Crippen LogP contribution in [0.4, 0.5) is 9.93 Å². The van der Waals surface area contributed by atoms with Crippen LogP contribution in [0, 0.1) is 0 Å². The third-order valence-corrected chi connectivity index (χ3v) is 5.44. The van der Waals surface area contributed by atoms with Gasteiger partial charge in [-0.1, -0.05) is 6.42 Å². The van der Waals surface area contributed by atoms with Crippen LogP contribution < -0.4 is 10.6 Å². The monoisotopic (exact) mass is 329 g/mol. The third-order valence-electron chi connectivity index (χ3n) is 3.29. The Morgan fingerprint density at radius 2 is 2.14 bits per heavy atom. The number of hydrogen-bond donors (Lipinski definition) is 3. The summed E-state index contributed by atoms with van der Waals surface area (Å²) in [7, 11) is 0. The molecule has 3 N–H and O–H groups in total. The Kier molecular flexibility index (Phi) is 7.32. The van der Waals surface area contributed by atoms with E-state index in [1.807, 2.05) is 0 Å². The van der Waals surface area contributed by atoms with Gasteiger partial charge in [0.15, 0.2) is 5.13 Å². The molecule has 0 spiro atoms. The highest BCUT2D eigenvalue weighted by molar-refractivity contribution is 7.99. The molecule has 0 aliphatic heterocycles. The zero-order chi connectivity index (χ0) is 14.9. The summed E-state index contributed by atoms with van der Waals surface area (Å²) in [5.74, 6) is 1.79. The van der Waals surface area contributed by atoms with Crippen molar-refractivity contribution in [3.8, 4) is 0 Å². The average molecular weight is 329 g/mol. The van der Waals surface area contributed by atoms with E-state index in [-0.39, 0.29) is 12.6 Å². The number of hydrogen-bond acceptors (Lipinski definition) is 5. The van der Waals surface area contributed by atoms with Gasteiger partial charge in [-0.2, -0.15) is 11.8 Å². The minimum absolute atomic E-state index is 0.179. The molecule has 21 heavy (non-hydrogen) atoms. The number of fused-ring (bicyclic) bond motifs is 1. The fourth-order valence-electron chi connectivity index (χ4n) is 2.23. The molecule has 1 aromatic rings. The van der Waals surface area contributed by atoms with E-state index in [1.165, 1.54) is 29.8 Å². The Labute approximate surface area is 133 Å². The summed E-state index contributed by atoms with van der Waals surface area (Å²) in [5, 5.41) is 15.0. The van der Waals surface area contributed by atoms with E-state index < -0.39 is 0 Å². The lowest BCUT2D eigenvalue weighted by Gasteiger charge is -2.05. The van der Waals surface area contributed by atoms with Gasteiger partial charge in [-0.25, -0.2) is 9.78 Å². The van der Waals surface area contributed by atoms with Gasteiger partial charge in [0.1, 0.15) is 0 Å². The second kappa shape index (κ2) is 9.27. The van der Waals surface area contributed by atoms with Gasteiger partial charge in [-0.15, -0.1) is 11.3 Å². The molecule has 1 aliphatic carbocycles. The number of anilines is 1. The molecule has 0 saturated heterocycles. The molecule has 1 aromatic heterocycles. The lowest BCUT2D eigenvalue weighted by molar-refractivity contribution is 0.252. The summed E-state index contributed by atoms with van der Waals surface area (Å²) in [5.41, 5.74) is 1.17. The van der Waals surface area contributed by atoms with Crippen LogP contribution in [-0.4, -0.2) is 40.8 Å². The highest BCUT2D eigenvalue weighted by atomic mass is 32.2. The number of urea groups is 1. The van der Waals surface area contributed by atoms with Crippen molar-refractivity contribution >= 4 is 34.3 Å². The largest absolute Gasteiger partial charge is 0.396 e. The number of aromatic nitrogens is 1. The molecule has 0 fully saturated rings. The predicted octanol–water partition coefficient (Wildman–Crippen LogP) is 2.65. The van der Waals surface area contributed by atoms with Crippen molar-refractivity contribution < 1.29 is 9.90 Å². The van der Waals surface area contributed by atoms with Crippen molar-refractivity contribution in [1.29, 1.82) is 0 Å². The van der Waals surface area contributed by atoms with Crippen molar-refractivity contribution in [3.63, 3.8) is 0 Å². The van der Waals surface area contributed by atoms with E-state index in [0.717, 1.165) is 30.8 Å². The molecule has 118 valence electrons. The van der Waals surface area contributed by atoms with E-state index in [9.17, 15) is 4.79 Å². The van der Waals surface area contributed by atoms with Crippen molar-refractivity contribution in [3.05, 3.63) is 10.6 Å². The van der Waals surface area contributed by atoms with Crippen molar-refractivity contribution in [2.75, 3.05) is 30.0 Å². The molecule has 7 heteroatoms. The number of nitrogens with one attached hydrogen (secondary N) is 2. The Hall–Kier alpha value is -0.790. The molecule has 2 rings (SSSR count). The number of aryl methyl sites for hydroxylation is 2. The van der Waals surface area contributed by atoms with Crippen LogP contribution >= 0.6 is 23.1 Å². The SMILES string of the molecule is O=C(NCCSCCCO)Nc1nc2c(s1)CCCCC2. The van der Waals surface area contributed by atoms with Crippen LogP contribution in [0.15, 0.2) is 0 Å². The summed E-state index contributed by atoms with van der Waals surface area (Å²) in [4.78, 5) is 17.6. The Bertz CT molecular complexity index is 428. The number of carbonyl (C=O) groups excluding carboxylic acids is 1. The van der Waals surface area contributed by atoms with Gasteiger partial charge in [0.05, 0.1) is 5.69 Å². The highest BCUT2D eigenvalue weighted by Gasteiger charge is 2.15. The molecule has 0 bridgehead atoms. The molecular formula is C14H23N3O2S2. The van der Waals surface area contributed by atoms with Crippen molar-refractivity contribution in [2.45, 2.75) is 38.5 Å². The second-order valence-electron chi connectivity index (χ2n) is 5.02. The number of rotatable bonds is 7. The number of amides is 2. The summed E-state index contributed by atoms with van der Waals surface area (Å²) < 4.78 is 0. The first-order valence-corrected chi connectivity index (χ1v) is 9.49. The molecular weight excluding hydrogens is 306 g/mol. The number of nitrogens with zero attached hydrogens (tertiary/aromatic N) is 1. The summed E-state index contributed by atoms with van der Waals surface area (Å²) in [6.45, 7) is 0.864. The number of carbonyl (C=O) groups is 1. The molecule has 0 radical (unpaired) electrons. The molecule has 0 unspecified atom stereocenters. The number of aliphatic hydroxyl groups is 1. The standard InChI is InChI=1S/C14H23N3O2S2/c18-8-4-9-20-10-7-15-13(19)17-14-16-11-5-2-1-3-6-12(11)21-14/h18H,1-10H2,(H2,15,16,17,19). The fourth-order valence-corrected chi connectivity index (χ4v) is 4.06. The van der Waals surface area contributed by atoms with E-state index >= 15 is 0 Å². The first-order valence-electron chi connectivity index (χ1n) is 7.51. The number of thiazole rings is 1. The Balaban J connectivity index is 1.68. The maximum Gasteiger partial charge on any atom is 0.321 e. The maximum absolute atomic E-state index is 11.8. The van der Waals surface area contributed by atoms with E-state index in [0.29, 0.717) is 11.7 Å². The van der Waals surface area contributed by atoms with Crippen LogP contribution in [0.1, 0.15) is 36.3 Å². The van der Waals surface area contributed by atoms with Crippen LogP contribution in [-0.2, 0) is 12.8 Å². The molecule has 0 atom stereocenters. The Morgan fingerprint density at radius 3 is 3.00 bits per heavy atom. The van der Waals surface area contributed by atoms with E-state index in [1.54, 1.807) is 23.1 Å². The van der Waals surface area contributed by atoms with Gasteiger partial charge >= 0.3 is 6.03 Å². The third kappa shape index (κ3) is 5.84.